The van der Waals surface area contributed by atoms with Crippen LogP contribution in [-0.2, 0) is 0 Å². The molecule has 0 aliphatic carbocycles. The summed E-state index contributed by atoms with van der Waals surface area (Å²) in [7, 11) is 0. The molecule has 0 amide bonds. The number of benzene rings is 4. The number of hydrogen-bond donors (Lipinski definition) is 0. The molecule has 6 aromatic rings. The van der Waals surface area contributed by atoms with Crippen molar-refractivity contribution < 1.29 is 9.59 Å². The van der Waals surface area contributed by atoms with Crippen LogP contribution in [0.2, 0.25) is 0 Å². The fourth-order valence-corrected chi connectivity index (χ4v) is 5.59. The SMILES string of the molecule is Cc1ccc2c(c1)-c1nc3cc(-c4ccc5c(c4)-c4nc6cc(C)ccc6n4C5=O)ccc3n1C2=O. The van der Waals surface area contributed by atoms with Crippen LogP contribution in [-0.4, -0.2) is 30.9 Å². The van der Waals surface area contributed by atoms with Gasteiger partial charge >= 0.3 is 0 Å². The Morgan fingerprint density at radius 3 is 1.75 bits per heavy atom. The average Bonchev–Trinajstić information content (AvgIpc) is 3.58. The van der Waals surface area contributed by atoms with Crippen molar-refractivity contribution in [1.29, 1.82) is 0 Å². The number of nitrogens with zero attached hydrogens (tertiary/aromatic N) is 4. The van der Waals surface area contributed by atoms with E-state index in [0.29, 0.717) is 22.8 Å². The van der Waals surface area contributed by atoms with Crippen LogP contribution >= 0.6 is 0 Å². The molecule has 0 N–H and O–H groups in total. The number of carbonyl (C=O) groups excluding carboxylic acids is 2. The van der Waals surface area contributed by atoms with Gasteiger partial charge in [0.25, 0.3) is 11.8 Å². The van der Waals surface area contributed by atoms with Crippen LogP contribution < -0.4 is 0 Å². The first-order valence-electron chi connectivity index (χ1n) is 11.8. The zero-order valence-corrected chi connectivity index (χ0v) is 19.5. The fraction of sp³-hybridized carbons (Fsp3) is 0.0667. The lowest BCUT2D eigenvalue weighted by atomic mass is 9.99. The van der Waals surface area contributed by atoms with Gasteiger partial charge < -0.3 is 0 Å². The average molecular weight is 467 g/mol. The molecule has 0 spiro atoms. The number of aromatic nitrogens is 4. The minimum absolute atomic E-state index is 0.0413. The minimum Gasteiger partial charge on any atom is -0.268 e. The Bertz CT molecular complexity index is 2010. The van der Waals surface area contributed by atoms with E-state index in [1.54, 1.807) is 9.13 Å². The van der Waals surface area contributed by atoms with Gasteiger partial charge in [-0.25, -0.2) is 9.97 Å². The van der Waals surface area contributed by atoms with Crippen LogP contribution in [0.4, 0.5) is 0 Å². The Morgan fingerprint density at radius 2 is 1.03 bits per heavy atom. The van der Waals surface area contributed by atoms with E-state index in [1.165, 1.54) is 0 Å². The van der Waals surface area contributed by atoms with Crippen LogP contribution in [0.5, 0.6) is 0 Å². The summed E-state index contributed by atoms with van der Waals surface area (Å²) in [5, 5.41) is 0. The van der Waals surface area contributed by atoms with Crippen molar-refractivity contribution in [2.75, 3.05) is 0 Å². The second-order valence-corrected chi connectivity index (χ2v) is 9.66. The van der Waals surface area contributed by atoms with Crippen molar-refractivity contribution in [3.05, 3.63) is 95.1 Å². The molecule has 4 aromatic carbocycles. The van der Waals surface area contributed by atoms with Crippen LogP contribution in [0, 0.1) is 13.8 Å². The van der Waals surface area contributed by atoms with Crippen molar-refractivity contribution in [1.82, 2.24) is 19.1 Å². The highest BCUT2D eigenvalue weighted by atomic mass is 16.2. The standard InChI is InChI=1S/C30H18N4O2/c1-15-3-7-19-21(11-15)27-32-24-14-18(6-10-26(24)34(27)29(19)35)17-5-8-20-22(13-17)28-31-23-12-16(2)4-9-25(23)33(28)30(20)36/h3-14H,1-2H3. The maximum atomic E-state index is 13.2. The van der Waals surface area contributed by atoms with Gasteiger partial charge in [-0.3, -0.25) is 18.7 Å². The van der Waals surface area contributed by atoms with E-state index in [-0.39, 0.29) is 11.8 Å². The summed E-state index contributed by atoms with van der Waals surface area (Å²) >= 11 is 0. The van der Waals surface area contributed by atoms with Crippen molar-refractivity contribution >= 4 is 33.9 Å². The molecule has 170 valence electrons. The number of fused-ring (bicyclic) bond motifs is 10. The number of hydrogen-bond acceptors (Lipinski definition) is 4. The molecule has 4 heterocycles. The second kappa shape index (κ2) is 6.43. The van der Waals surface area contributed by atoms with Gasteiger partial charge in [-0.05, 0) is 79.1 Å². The molecule has 6 heteroatoms. The van der Waals surface area contributed by atoms with Gasteiger partial charge in [0.2, 0.25) is 0 Å². The maximum absolute atomic E-state index is 13.2. The zero-order chi connectivity index (χ0) is 24.3. The summed E-state index contributed by atoms with van der Waals surface area (Å²) in [5.74, 6) is 1.28. The topological polar surface area (TPSA) is 69.8 Å². The van der Waals surface area contributed by atoms with Gasteiger partial charge in [0.05, 0.1) is 33.2 Å². The monoisotopic (exact) mass is 466 g/mol. The Labute approximate surface area is 205 Å². The first-order valence-corrected chi connectivity index (χ1v) is 11.8. The van der Waals surface area contributed by atoms with E-state index in [9.17, 15) is 9.59 Å². The molecule has 0 saturated carbocycles. The smallest absolute Gasteiger partial charge is 0.264 e. The van der Waals surface area contributed by atoms with Crippen LogP contribution in [0.3, 0.4) is 0 Å². The Balaban J connectivity index is 1.28. The Kier molecular flexibility index (Phi) is 3.48. The highest BCUT2D eigenvalue weighted by molar-refractivity contribution is 6.14. The molecule has 2 aliphatic heterocycles. The number of rotatable bonds is 1. The first-order chi connectivity index (χ1) is 17.5. The third-order valence-electron chi connectivity index (χ3n) is 7.34. The fourth-order valence-electron chi connectivity index (χ4n) is 5.59. The quantitative estimate of drug-likeness (QED) is 0.297. The molecule has 0 fully saturated rings. The van der Waals surface area contributed by atoms with Crippen LogP contribution in [0.15, 0.2) is 72.8 Å². The van der Waals surface area contributed by atoms with E-state index >= 15 is 0 Å². The number of carbonyl (C=O) groups is 2. The summed E-state index contributed by atoms with van der Waals surface area (Å²) in [5.41, 5.74) is 10.4. The lowest BCUT2D eigenvalue weighted by molar-refractivity contribution is 0.0965. The van der Waals surface area contributed by atoms with E-state index in [1.807, 2.05) is 86.6 Å². The Hall–Kier alpha value is -4.84. The molecular formula is C30H18N4O2. The highest BCUT2D eigenvalue weighted by Crippen LogP contribution is 2.39. The van der Waals surface area contributed by atoms with Gasteiger partial charge in [0, 0.05) is 11.1 Å². The molecule has 0 radical (unpaired) electrons. The summed E-state index contributed by atoms with van der Waals surface area (Å²) in [6.45, 7) is 4.04. The molecule has 0 unspecified atom stereocenters. The summed E-state index contributed by atoms with van der Waals surface area (Å²) in [6, 6.07) is 23.6. The minimum atomic E-state index is -0.0497. The van der Waals surface area contributed by atoms with Crippen molar-refractivity contribution in [3.63, 3.8) is 0 Å². The van der Waals surface area contributed by atoms with E-state index in [4.69, 9.17) is 9.97 Å². The van der Waals surface area contributed by atoms with Crippen molar-refractivity contribution in [3.8, 4) is 33.9 Å². The predicted octanol–water partition coefficient (Wildman–Crippen LogP) is 6.01. The Morgan fingerprint density at radius 1 is 0.528 bits per heavy atom. The number of aryl methyl sites for hydroxylation is 2. The van der Waals surface area contributed by atoms with E-state index in [2.05, 4.69) is 0 Å². The second-order valence-electron chi connectivity index (χ2n) is 9.66. The third-order valence-corrected chi connectivity index (χ3v) is 7.34. The zero-order valence-electron chi connectivity index (χ0n) is 19.5. The third kappa shape index (κ3) is 2.35. The maximum Gasteiger partial charge on any atom is 0.264 e. The lowest BCUT2D eigenvalue weighted by Crippen LogP contribution is -2.05. The van der Waals surface area contributed by atoms with E-state index < -0.39 is 0 Å². The normalized spacial score (nSPS) is 13.4. The van der Waals surface area contributed by atoms with Gasteiger partial charge in [0.15, 0.2) is 0 Å². The van der Waals surface area contributed by atoms with Crippen molar-refractivity contribution in [2.24, 2.45) is 0 Å². The molecular weight excluding hydrogens is 448 g/mol. The first kappa shape index (κ1) is 19.5. The highest BCUT2D eigenvalue weighted by Gasteiger charge is 2.32. The van der Waals surface area contributed by atoms with Crippen LogP contribution in [0.25, 0.3) is 56.0 Å². The summed E-state index contributed by atoms with van der Waals surface area (Å²) in [6.07, 6.45) is 0. The van der Waals surface area contributed by atoms with E-state index in [0.717, 1.165) is 55.4 Å². The molecule has 0 atom stereocenters. The van der Waals surface area contributed by atoms with Crippen LogP contribution in [0.1, 0.15) is 31.8 Å². The molecule has 6 nitrogen and oxygen atoms in total. The largest absolute Gasteiger partial charge is 0.268 e. The lowest BCUT2D eigenvalue weighted by Gasteiger charge is -2.05. The molecule has 8 rings (SSSR count). The molecule has 2 aliphatic rings. The molecule has 0 bridgehead atoms. The van der Waals surface area contributed by atoms with Gasteiger partial charge in [-0.1, -0.05) is 29.8 Å². The molecule has 0 saturated heterocycles. The molecule has 2 aromatic heterocycles. The van der Waals surface area contributed by atoms with Gasteiger partial charge in [0.1, 0.15) is 11.6 Å². The van der Waals surface area contributed by atoms with Gasteiger partial charge in [-0.15, -0.1) is 0 Å². The summed E-state index contributed by atoms with van der Waals surface area (Å²) < 4.78 is 3.41. The van der Waals surface area contributed by atoms with Crippen molar-refractivity contribution in [2.45, 2.75) is 13.8 Å². The molecule has 36 heavy (non-hydrogen) atoms. The number of imidazole rings is 2. The van der Waals surface area contributed by atoms with Gasteiger partial charge in [-0.2, -0.15) is 0 Å². The summed E-state index contributed by atoms with van der Waals surface area (Å²) in [4.78, 5) is 35.9. The predicted molar refractivity (Wildman–Crippen MR) is 138 cm³/mol.